The number of hydrogen-bond donors (Lipinski definition) is 5. The van der Waals surface area contributed by atoms with Crippen LogP contribution in [0.1, 0.15) is 18.4 Å². The largest absolute Gasteiger partial charge is 0.480 e. The number of nitrogens with two attached hydrogens (primary N) is 2. The molecule has 7 N–H and O–H groups in total. The highest BCUT2D eigenvalue weighted by Gasteiger charge is 2.17. The molecule has 0 bridgehead atoms. The van der Waals surface area contributed by atoms with Crippen LogP contribution in [-0.2, 0) is 11.3 Å². The van der Waals surface area contributed by atoms with Gasteiger partial charge in [-0.15, -0.1) is 0 Å². The number of hydrogen-bond acceptors (Lipinski definition) is 3. The van der Waals surface area contributed by atoms with Gasteiger partial charge in [0.2, 0.25) is 0 Å². The number of guanidine groups is 1. The van der Waals surface area contributed by atoms with Gasteiger partial charge in [-0.2, -0.15) is 0 Å². The minimum Gasteiger partial charge on any atom is -0.480 e. The third-order valence-electron chi connectivity index (χ3n) is 2.84. The van der Waals surface area contributed by atoms with Gasteiger partial charge in [0.1, 0.15) is 6.04 Å². The number of nitrogens with one attached hydrogen (secondary N) is 2. The summed E-state index contributed by atoms with van der Waals surface area (Å²) in [6, 6.07) is 8.93. The number of nitrogens with zero attached hydrogens (tertiary/aromatic N) is 1. The van der Waals surface area contributed by atoms with Crippen LogP contribution in [0.2, 0.25) is 0 Å². The molecule has 0 amide bonds. The Morgan fingerprint density at radius 1 is 1.32 bits per heavy atom. The Hall–Kier alpha value is -2.35. The van der Waals surface area contributed by atoms with E-state index in [0.717, 1.165) is 5.56 Å². The second-order valence-electron chi connectivity index (χ2n) is 4.65. The molecule has 0 aliphatic heterocycles. The number of aliphatic imine (C=N–C) groups is 1. The standard InChI is InChI=1S/C14H21N5O2S/c15-13(16)17-8-4-7-11(12(20)21)19-14(22)18-9-10-5-2-1-3-6-10/h1-3,5-6,11H,4,7-9H2,(H,20,21)(H4,15,16,17)(H2,18,19,22). The summed E-state index contributed by atoms with van der Waals surface area (Å²) in [6.07, 6.45) is 0.919. The van der Waals surface area contributed by atoms with Gasteiger partial charge in [-0.1, -0.05) is 30.3 Å². The van der Waals surface area contributed by atoms with Gasteiger partial charge < -0.3 is 27.2 Å². The Morgan fingerprint density at radius 3 is 2.59 bits per heavy atom. The summed E-state index contributed by atoms with van der Waals surface area (Å²) in [6.45, 7) is 0.922. The summed E-state index contributed by atoms with van der Waals surface area (Å²) in [4.78, 5) is 15.0. The molecular formula is C14H21N5O2S. The Kier molecular flexibility index (Phi) is 7.69. The zero-order chi connectivity index (χ0) is 16.4. The van der Waals surface area contributed by atoms with E-state index in [0.29, 0.717) is 31.0 Å². The van der Waals surface area contributed by atoms with E-state index in [9.17, 15) is 9.90 Å². The Bertz CT molecular complexity index is 517. The van der Waals surface area contributed by atoms with Crippen LogP contribution >= 0.6 is 12.2 Å². The molecule has 1 aromatic rings. The molecule has 1 atom stereocenters. The van der Waals surface area contributed by atoms with E-state index in [-0.39, 0.29) is 5.96 Å². The van der Waals surface area contributed by atoms with Crippen molar-refractivity contribution in [2.24, 2.45) is 16.5 Å². The van der Waals surface area contributed by atoms with Crippen molar-refractivity contribution < 1.29 is 9.90 Å². The Balaban J connectivity index is 2.37. The molecule has 0 saturated heterocycles. The van der Waals surface area contributed by atoms with E-state index in [1.54, 1.807) is 0 Å². The van der Waals surface area contributed by atoms with Crippen LogP contribution in [0.25, 0.3) is 0 Å². The molecule has 0 aromatic heterocycles. The fourth-order valence-electron chi connectivity index (χ4n) is 1.75. The monoisotopic (exact) mass is 323 g/mol. The van der Waals surface area contributed by atoms with Crippen molar-refractivity contribution in [3.05, 3.63) is 35.9 Å². The average molecular weight is 323 g/mol. The van der Waals surface area contributed by atoms with Gasteiger partial charge in [-0.3, -0.25) is 4.99 Å². The molecule has 1 rings (SSSR count). The van der Waals surface area contributed by atoms with Crippen LogP contribution < -0.4 is 22.1 Å². The van der Waals surface area contributed by atoms with E-state index in [1.165, 1.54) is 0 Å². The van der Waals surface area contributed by atoms with Crippen molar-refractivity contribution in [1.82, 2.24) is 10.6 Å². The lowest BCUT2D eigenvalue weighted by Gasteiger charge is -2.17. The van der Waals surface area contributed by atoms with Gasteiger partial charge in [-0.05, 0) is 30.6 Å². The number of carboxylic acid groups (broad SMARTS) is 1. The molecule has 0 aliphatic rings. The first-order chi connectivity index (χ1) is 10.5. The minimum absolute atomic E-state index is 0.000109. The highest BCUT2D eigenvalue weighted by molar-refractivity contribution is 7.80. The molecular weight excluding hydrogens is 302 g/mol. The maximum atomic E-state index is 11.2. The van der Waals surface area contributed by atoms with Crippen LogP contribution in [0.3, 0.4) is 0 Å². The van der Waals surface area contributed by atoms with Crippen LogP contribution in [-0.4, -0.2) is 34.7 Å². The van der Waals surface area contributed by atoms with Gasteiger partial charge in [0, 0.05) is 13.1 Å². The van der Waals surface area contributed by atoms with Crippen molar-refractivity contribution in [3.63, 3.8) is 0 Å². The number of aliphatic carboxylic acids is 1. The SMILES string of the molecule is NC(N)=NCCCC(NC(=S)NCc1ccccc1)C(=O)O. The van der Waals surface area contributed by atoms with Crippen molar-refractivity contribution in [2.75, 3.05) is 6.54 Å². The highest BCUT2D eigenvalue weighted by atomic mass is 32.1. The second kappa shape index (κ2) is 9.56. The molecule has 0 aliphatic carbocycles. The maximum Gasteiger partial charge on any atom is 0.326 e. The lowest BCUT2D eigenvalue weighted by atomic mass is 10.1. The molecule has 0 spiro atoms. The predicted molar refractivity (Wildman–Crippen MR) is 90.4 cm³/mol. The summed E-state index contributed by atoms with van der Waals surface area (Å²) in [7, 11) is 0. The van der Waals surface area contributed by atoms with Gasteiger partial charge in [0.25, 0.3) is 0 Å². The fraction of sp³-hybridized carbons (Fsp3) is 0.357. The third-order valence-corrected chi connectivity index (χ3v) is 3.11. The summed E-state index contributed by atoms with van der Waals surface area (Å²) >= 11 is 5.12. The molecule has 0 saturated carbocycles. The van der Waals surface area contributed by atoms with Gasteiger partial charge in [-0.25, -0.2) is 4.79 Å². The molecule has 7 nitrogen and oxygen atoms in total. The van der Waals surface area contributed by atoms with Crippen LogP contribution in [0, 0.1) is 0 Å². The van der Waals surface area contributed by atoms with Gasteiger partial charge >= 0.3 is 5.97 Å². The summed E-state index contributed by atoms with van der Waals surface area (Å²) in [5.74, 6) is -0.964. The first-order valence-corrected chi connectivity index (χ1v) is 7.26. The number of thiocarbonyl (C=S) groups is 1. The van der Waals surface area contributed by atoms with Crippen LogP contribution in [0.15, 0.2) is 35.3 Å². The van der Waals surface area contributed by atoms with Crippen LogP contribution in [0.4, 0.5) is 0 Å². The Labute approximate surface area is 134 Å². The quantitative estimate of drug-likeness (QED) is 0.200. The maximum absolute atomic E-state index is 11.2. The zero-order valence-electron chi connectivity index (χ0n) is 12.2. The highest BCUT2D eigenvalue weighted by Crippen LogP contribution is 2.00. The van der Waals surface area contributed by atoms with Gasteiger partial charge in [0.05, 0.1) is 0 Å². The number of carbonyl (C=O) groups is 1. The lowest BCUT2D eigenvalue weighted by Crippen LogP contribution is -2.45. The van der Waals surface area contributed by atoms with E-state index in [4.69, 9.17) is 23.7 Å². The summed E-state index contributed by atoms with van der Waals surface area (Å²) < 4.78 is 0. The summed E-state index contributed by atoms with van der Waals surface area (Å²) in [5, 5.41) is 15.3. The van der Waals surface area contributed by atoms with Gasteiger partial charge in [0.15, 0.2) is 11.1 Å². The van der Waals surface area contributed by atoms with Crippen molar-refractivity contribution in [3.8, 4) is 0 Å². The number of carboxylic acids is 1. The van der Waals surface area contributed by atoms with E-state index >= 15 is 0 Å². The predicted octanol–water partition coefficient (Wildman–Crippen LogP) is 0.158. The minimum atomic E-state index is -0.964. The van der Waals surface area contributed by atoms with E-state index in [1.807, 2.05) is 30.3 Å². The fourth-order valence-corrected chi connectivity index (χ4v) is 1.96. The van der Waals surface area contributed by atoms with E-state index in [2.05, 4.69) is 15.6 Å². The Morgan fingerprint density at radius 2 is 2.00 bits per heavy atom. The van der Waals surface area contributed by atoms with Crippen molar-refractivity contribution in [1.29, 1.82) is 0 Å². The zero-order valence-corrected chi connectivity index (χ0v) is 13.0. The molecule has 120 valence electrons. The van der Waals surface area contributed by atoms with E-state index < -0.39 is 12.0 Å². The molecule has 0 heterocycles. The smallest absolute Gasteiger partial charge is 0.326 e. The third kappa shape index (κ3) is 7.44. The summed E-state index contributed by atoms with van der Waals surface area (Å²) in [5.41, 5.74) is 11.5. The normalized spacial score (nSPS) is 11.3. The first kappa shape index (κ1) is 17.7. The van der Waals surface area contributed by atoms with Crippen molar-refractivity contribution in [2.45, 2.75) is 25.4 Å². The number of rotatable bonds is 8. The van der Waals surface area contributed by atoms with Crippen LogP contribution in [0.5, 0.6) is 0 Å². The van der Waals surface area contributed by atoms with Crippen molar-refractivity contribution >= 4 is 29.3 Å². The average Bonchev–Trinajstić information content (AvgIpc) is 2.48. The lowest BCUT2D eigenvalue weighted by molar-refractivity contribution is -0.139. The number of benzene rings is 1. The topological polar surface area (TPSA) is 126 Å². The first-order valence-electron chi connectivity index (χ1n) is 6.85. The molecule has 8 heteroatoms. The molecule has 1 aromatic carbocycles. The molecule has 1 unspecified atom stereocenters. The second-order valence-corrected chi connectivity index (χ2v) is 5.06. The molecule has 0 radical (unpaired) electrons. The molecule has 22 heavy (non-hydrogen) atoms. The molecule has 0 fully saturated rings.